The van der Waals surface area contributed by atoms with Gasteiger partial charge in [-0.05, 0) is 30.5 Å². The number of benzene rings is 1. The molecule has 0 aliphatic rings. The van der Waals surface area contributed by atoms with E-state index >= 15 is 0 Å². The van der Waals surface area contributed by atoms with E-state index in [0.29, 0.717) is 25.0 Å². The van der Waals surface area contributed by atoms with Crippen LogP contribution in [0.25, 0.3) is 0 Å². The summed E-state index contributed by atoms with van der Waals surface area (Å²) in [6.45, 7) is 8.23. The summed E-state index contributed by atoms with van der Waals surface area (Å²) in [6.07, 6.45) is 0. The number of hydrogen-bond donors (Lipinski definition) is 2. The molecule has 0 aliphatic carbocycles. The molecule has 0 saturated carbocycles. The van der Waals surface area contributed by atoms with Gasteiger partial charge in [0.15, 0.2) is 5.96 Å². The molecular weight excluding hydrogens is 226 g/mol. The largest absolute Gasteiger partial charge is 0.492 e. The number of hydrogen-bond acceptors (Lipinski definition) is 2. The quantitative estimate of drug-likeness (QED) is 0.460. The molecule has 4 heteroatoms. The number of nitrogens with two attached hydrogens (primary N) is 1. The number of ether oxygens (including phenoxy) is 1. The summed E-state index contributed by atoms with van der Waals surface area (Å²) in [6, 6.07) is 7.98. The van der Waals surface area contributed by atoms with Crippen molar-refractivity contribution in [3.8, 4) is 5.75 Å². The van der Waals surface area contributed by atoms with Crippen molar-refractivity contribution in [2.24, 2.45) is 16.6 Å². The molecule has 18 heavy (non-hydrogen) atoms. The van der Waals surface area contributed by atoms with E-state index in [1.165, 1.54) is 5.56 Å². The van der Waals surface area contributed by atoms with Gasteiger partial charge >= 0.3 is 0 Å². The number of aliphatic imine (C=N–C) groups is 1. The SMILES string of the molecule is Cc1cccc(OCCNC(N)=NCC(C)C)c1. The Bertz CT molecular complexity index is 388. The maximum absolute atomic E-state index is 5.71. The Balaban J connectivity index is 2.20. The summed E-state index contributed by atoms with van der Waals surface area (Å²) in [7, 11) is 0. The van der Waals surface area contributed by atoms with Crippen molar-refractivity contribution in [3.05, 3.63) is 29.8 Å². The molecular formula is C14H23N3O. The number of rotatable bonds is 6. The van der Waals surface area contributed by atoms with Gasteiger partial charge in [0.25, 0.3) is 0 Å². The summed E-state index contributed by atoms with van der Waals surface area (Å²) < 4.78 is 5.59. The van der Waals surface area contributed by atoms with E-state index in [1.807, 2.05) is 31.2 Å². The van der Waals surface area contributed by atoms with Crippen molar-refractivity contribution in [1.82, 2.24) is 5.32 Å². The Hall–Kier alpha value is -1.71. The highest BCUT2D eigenvalue weighted by atomic mass is 16.5. The topological polar surface area (TPSA) is 59.6 Å². The number of guanidine groups is 1. The lowest BCUT2D eigenvalue weighted by Gasteiger charge is -2.09. The molecule has 0 aromatic heterocycles. The molecule has 0 aliphatic heterocycles. The van der Waals surface area contributed by atoms with Crippen LogP contribution >= 0.6 is 0 Å². The first-order valence-electron chi connectivity index (χ1n) is 6.31. The standard InChI is InChI=1S/C14H23N3O/c1-11(2)10-17-14(15)16-7-8-18-13-6-4-5-12(3)9-13/h4-6,9,11H,7-8,10H2,1-3H3,(H3,15,16,17). The first-order valence-corrected chi connectivity index (χ1v) is 6.31. The van der Waals surface area contributed by atoms with E-state index in [4.69, 9.17) is 10.5 Å². The molecule has 0 unspecified atom stereocenters. The van der Waals surface area contributed by atoms with E-state index in [2.05, 4.69) is 24.2 Å². The molecule has 0 saturated heterocycles. The van der Waals surface area contributed by atoms with Gasteiger partial charge in [0.2, 0.25) is 0 Å². The summed E-state index contributed by atoms with van der Waals surface area (Å²) >= 11 is 0. The van der Waals surface area contributed by atoms with Gasteiger partial charge in [-0.3, -0.25) is 4.99 Å². The summed E-state index contributed by atoms with van der Waals surface area (Å²) in [5, 5.41) is 3.03. The maximum Gasteiger partial charge on any atom is 0.188 e. The van der Waals surface area contributed by atoms with Crippen LogP contribution in [-0.4, -0.2) is 25.7 Å². The average molecular weight is 249 g/mol. The van der Waals surface area contributed by atoms with Crippen LogP contribution in [-0.2, 0) is 0 Å². The fourth-order valence-corrected chi connectivity index (χ4v) is 1.39. The first kappa shape index (κ1) is 14.4. The highest BCUT2D eigenvalue weighted by Crippen LogP contribution is 2.11. The number of nitrogens with zero attached hydrogens (tertiary/aromatic N) is 1. The van der Waals surface area contributed by atoms with E-state index in [-0.39, 0.29) is 0 Å². The minimum atomic E-state index is 0.483. The second-order valence-electron chi connectivity index (χ2n) is 4.71. The minimum absolute atomic E-state index is 0.483. The van der Waals surface area contributed by atoms with Gasteiger partial charge in [0, 0.05) is 6.54 Å². The monoisotopic (exact) mass is 249 g/mol. The smallest absolute Gasteiger partial charge is 0.188 e. The Labute approximate surface area is 109 Å². The molecule has 1 aromatic rings. The highest BCUT2D eigenvalue weighted by Gasteiger charge is 1.96. The van der Waals surface area contributed by atoms with Crippen LogP contribution in [0.4, 0.5) is 0 Å². The van der Waals surface area contributed by atoms with E-state index < -0.39 is 0 Å². The van der Waals surface area contributed by atoms with Gasteiger partial charge in [-0.15, -0.1) is 0 Å². The van der Waals surface area contributed by atoms with Crippen LogP contribution in [0.15, 0.2) is 29.3 Å². The van der Waals surface area contributed by atoms with Crippen molar-refractivity contribution in [2.75, 3.05) is 19.7 Å². The van der Waals surface area contributed by atoms with Gasteiger partial charge in [-0.25, -0.2) is 0 Å². The molecule has 0 spiro atoms. The molecule has 0 heterocycles. The molecule has 0 atom stereocenters. The lowest BCUT2D eigenvalue weighted by Crippen LogP contribution is -2.35. The fourth-order valence-electron chi connectivity index (χ4n) is 1.39. The first-order chi connectivity index (χ1) is 8.58. The van der Waals surface area contributed by atoms with Crippen LogP contribution in [0.3, 0.4) is 0 Å². The van der Waals surface area contributed by atoms with Crippen LogP contribution in [0.1, 0.15) is 19.4 Å². The molecule has 0 radical (unpaired) electrons. The molecule has 1 rings (SSSR count). The summed E-state index contributed by atoms with van der Waals surface area (Å²) in [5.74, 6) is 1.89. The molecule has 100 valence electrons. The van der Waals surface area contributed by atoms with Crippen molar-refractivity contribution in [3.63, 3.8) is 0 Å². The van der Waals surface area contributed by atoms with E-state index in [1.54, 1.807) is 0 Å². The lowest BCUT2D eigenvalue weighted by molar-refractivity contribution is 0.322. The second-order valence-corrected chi connectivity index (χ2v) is 4.71. The molecule has 4 nitrogen and oxygen atoms in total. The van der Waals surface area contributed by atoms with Gasteiger partial charge in [-0.2, -0.15) is 0 Å². The lowest BCUT2D eigenvalue weighted by atomic mass is 10.2. The van der Waals surface area contributed by atoms with Crippen molar-refractivity contribution < 1.29 is 4.74 Å². The van der Waals surface area contributed by atoms with Gasteiger partial charge in [-0.1, -0.05) is 26.0 Å². The maximum atomic E-state index is 5.71. The van der Waals surface area contributed by atoms with Crippen LogP contribution in [0.2, 0.25) is 0 Å². The zero-order valence-corrected chi connectivity index (χ0v) is 11.4. The molecule has 0 bridgehead atoms. The average Bonchev–Trinajstić information content (AvgIpc) is 2.32. The minimum Gasteiger partial charge on any atom is -0.492 e. The van der Waals surface area contributed by atoms with Gasteiger partial charge in [0.1, 0.15) is 12.4 Å². The zero-order chi connectivity index (χ0) is 13.4. The van der Waals surface area contributed by atoms with Crippen molar-refractivity contribution >= 4 is 5.96 Å². The Morgan fingerprint density at radius 1 is 1.44 bits per heavy atom. The predicted octanol–water partition coefficient (Wildman–Crippen LogP) is 1.93. The van der Waals surface area contributed by atoms with E-state index in [9.17, 15) is 0 Å². The Morgan fingerprint density at radius 3 is 2.89 bits per heavy atom. The molecule has 0 fully saturated rings. The van der Waals surface area contributed by atoms with Crippen LogP contribution < -0.4 is 15.8 Å². The second kappa shape index (κ2) is 7.58. The van der Waals surface area contributed by atoms with Gasteiger partial charge < -0.3 is 15.8 Å². The molecule has 1 aromatic carbocycles. The molecule has 0 amide bonds. The van der Waals surface area contributed by atoms with E-state index in [0.717, 1.165) is 12.3 Å². The third kappa shape index (κ3) is 6.13. The predicted molar refractivity (Wildman–Crippen MR) is 76.0 cm³/mol. The van der Waals surface area contributed by atoms with Crippen molar-refractivity contribution in [2.45, 2.75) is 20.8 Å². The highest BCUT2D eigenvalue weighted by molar-refractivity contribution is 5.77. The van der Waals surface area contributed by atoms with Crippen LogP contribution in [0, 0.1) is 12.8 Å². The molecule has 3 N–H and O–H groups in total. The Morgan fingerprint density at radius 2 is 2.22 bits per heavy atom. The fraction of sp³-hybridized carbons (Fsp3) is 0.500. The summed E-state index contributed by atoms with van der Waals surface area (Å²) in [4.78, 5) is 4.21. The van der Waals surface area contributed by atoms with Gasteiger partial charge in [0.05, 0.1) is 6.54 Å². The Kier molecular flexibility index (Phi) is 6.05. The normalized spacial score (nSPS) is 11.7. The number of nitrogens with one attached hydrogen (secondary N) is 1. The number of aryl methyl sites for hydroxylation is 1. The van der Waals surface area contributed by atoms with Crippen molar-refractivity contribution in [1.29, 1.82) is 0 Å². The summed E-state index contributed by atoms with van der Waals surface area (Å²) in [5.41, 5.74) is 6.90. The zero-order valence-electron chi connectivity index (χ0n) is 11.4. The van der Waals surface area contributed by atoms with Crippen LogP contribution in [0.5, 0.6) is 5.75 Å². The third-order valence-electron chi connectivity index (χ3n) is 2.29. The third-order valence-corrected chi connectivity index (χ3v) is 2.29.